The van der Waals surface area contributed by atoms with Crippen LogP contribution >= 0.6 is 0 Å². The largest absolute Gasteiger partial charge is 0.480 e. The van der Waals surface area contributed by atoms with E-state index in [9.17, 15) is 14.7 Å². The van der Waals surface area contributed by atoms with E-state index in [4.69, 9.17) is 4.42 Å². The third-order valence-electron chi connectivity index (χ3n) is 3.80. The molecule has 0 saturated heterocycles. The van der Waals surface area contributed by atoms with Gasteiger partial charge < -0.3 is 14.4 Å². The summed E-state index contributed by atoms with van der Waals surface area (Å²) in [6.45, 7) is 1.54. The van der Waals surface area contributed by atoms with Gasteiger partial charge in [-0.3, -0.25) is 4.79 Å². The van der Waals surface area contributed by atoms with E-state index in [1.165, 1.54) is 11.3 Å². The maximum Gasteiger partial charge on any atom is 0.326 e. The molecule has 1 aliphatic rings. The van der Waals surface area contributed by atoms with Gasteiger partial charge in [0.15, 0.2) is 12.2 Å². The van der Waals surface area contributed by atoms with Crippen molar-refractivity contribution in [1.29, 1.82) is 0 Å². The molecule has 114 valence electrons. The van der Waals surface area contributed by atoms with Gasteiger partial charge in [0.25, 0.3) is 5.91 Å². The van der Waals surface area contributed by atoms with Crippen LogP contribution in [0.3, 0.4) is 0 Å². The van der Waals surface area contributed by atoms with E-state index in [0.29, 0.717) is 11.3 Å². The molecule has 1 aromatic carbocycles. The number of amides is 1. The SMILES string of the molecule is CC(C(=O)O)N(C(=O)c1ccc(-c2cnco2)cc1)C1CC1. The van der Waals surface area contributed by atoms with Crippen molar-refractivity contribution in [2.24, 2.45) is 0 Å². The maximum absolute atomic E-state index is 12.6. The van der Waals surface area contributed by atoms with Crippen LogP contribution in [0.25, 0.3) is 11.3 Å². The van der Waals surface area contributed by atoms with Gasteiger partial charge in [-0.15, -0.1) is 0 Å². The molecule has 1 fully saturated rings. The Morgan fingerprint density at radius 1 is 1.32 bits per heavy atom. The molecule has 1 heterocycles. The molecule has 1 unspecified atom stereocenters. The second kappa shape index (κ2) is 5.63. The molecule has 1 amide bonds. The van der Waals surface area contributed by atoms with E-state index in [2.05, 4.69) is 4.98 Å². The lowest BCUT2D eigenvalue weighted by Gasteiger charge is -2.26. The number of hydrogen-bond donors (Lipinski definition) is 1. The standard InChI is InChI=1S/C16H16N2O4/c1-10(16(20)21)18(13-6-7-13)15(19)12-4-2-11(3-5-12)14-8-17-9-22-14/h2-5,8-10,13H,6-7H2,1H3,(H,20,21). The lowest BCUT2D eigenvalue weighted by Crippen LogP contribution is -2.44. The van der Waals surface area contributed by atoms with Gasteiger partial charge in [-0.05, 0) is 31.9 Å². The molecule has 2 aromatic rings. The summed E-state index contributed by atoms with van der Waals surface area (Å²) in [6.07, 6.45) is 4.66. The number of hydrogen-bond acceptors (Lipinski definition) is 4. The van der Waals surface area contributed by atoms with Gasteiger partial charge in [-0.2, -0.15) is 0 Å². The van der Waals surface area contributed by atoms with Crippen molar-refractivity contribution < 1.29 is 19.1 Å². The molecule has 0 bridgehead atoms. The zero-order chi connectivity index (χ0) is 15.7. The second-order valence-electron chi connectivity index (χ2n) is 5.40. The Bertz CT molecular complexity index is 675. The summed E-state index contributed by atoms with van der Waals surface area (Å²) in [5.74, 6) is -0.614. The predicted octanol–water partition coefficient (Wildman–Crippen LogP) is 2.42. The van der Waals surface area contributed by atoms with Crippen LogP contribution in [0.1, 0.15) is 30.1 Å². The molecule has 6 nitrogen and oxygen atoms in total. The highest BCUT2D eigenvalue weighted by Gasteiger charge is 2.38. The summed E-state index contributed by atoms with van der Waals surface area (Å²) in [5.41, 5.74) is 1.29. The monoisotopic (exact) mass is 300 g/mol. The van der Waals surface area contributed by atoms with Crippen LogP contribution in [0.15, 0.2) is 41.3 Å². The summed E-state index contributed by atoms with van der Waals surface area (Å²) < 4.78 is 5.20. The normalized spacial score (nSPS) is 15.3. The lowest BCUT2D eigenvalue weighted by molar-refractivity contribution is -0.141. The van der Waals surface area contributed by atoms with Crippen molar-refractivity contribution in [3.63, 3.8) is 0 Å². The lowest BCUT2D eigenvalue weighted by atomic mass is 10.1. The molecule has 3 rings (SSSR count). The Hall–Kier alpha value is -2.63. The van der Waals surface area contributed by atoms with E-state index >= 15 is 0 Å². The Morgan fingerprint density at radius 2 is 2.00 bits per heavy atom. The van der Waals surface area contributed by atoms with Crippen molar-refractivity contribution in [3.05, 3.63) is 42.4 Å². The maximum atomic E-state index is 12.6. The third kappa shape index (κ3) is 2.72. The molecule has 0 spiro atoms. The molecule has 1 saturated carbocycles. The van der Waals surface area contributed by atoms with E-state index < -0.39 is 12.0 Å². The third-order valence-corrected chi connectivity index (χ3v) is 3.80. The van der Waals surface area contributed by atoms with Gasteiger partial charge in [-0.25, -0.2) is 9.78 Å². The summed E-state index contributed by atoms with van der Waals surface area (Å²) >= 11 is 0. The predicted molar refractivity (Wildman–Crippen MR) is 78.2 cm³/mol. The first kappa shape index (κ1) is 14.3. The van der Waals surface area contributed by atoms with E-state index in [0.717, 1.165) is 18.4 Å². The van der Waals surface area contributed by atoms with Gasteiger partial charge in [0, 0.05) is 17.2 Å². The van der Waals surface area contributed by atoms with Gasteiger partial charge in [0.2, 0.25) is 0 Å². The van der Waals surface area contributed by atoms with Crippen LogP contribution in [0.5, 0.6) is 0 Å². The topological polar surface area (TPSA) is 83.6 Å². The van der Waals surface area contributed by atoms with Crippen LogP contribution in [0.4, 0.5) is 0 Å². The van der Waals surface area contributed by atoms with Gasteiger partial charge in [0.05, 0.1) is 6.20 Å². The highest BCUT2D eigenvalue weighted by Crippen LogP contribution is 2.30. The number of nitrogens with zero attached hydrogens (tertiary/aromatic N) is 2. The Balaban J connectivity index is 1.83. The van der Waals surface area contributed by atoms with Crippen molar-refractivity contribution in [2.75, 3.05) is 0 Å². The minimum absolute atomic E-state index is 0.0348. The number of aliphatic carboxylic acids is 1. The van der Waals surface area contributed by atoms with Gasteiger partial charge >= 0.3 is 5.97 Å². The van der Waals surface area contributed by atoms with E-state index in [1.807, 2.05) is 0 Å². The Morgan fingerprint density at radius 3 is 2.50 bits per heavy atom. The molecular formula is C16H16N2O4. The highest BCUT2D eigenvalue weighted by molar-refractivity contribution is 5.97. The number of carbonyl (C=O) groups excluding carboxylic acids is 1. The highest BCUT2D eigenvalue weighted by atomic mass is 16.4. The fourth-order valence-corrected chi connectivity index (χ4v) is 2.41. The fourth-order valence-electron chi connectivity index (χ4n) is 2.41. The minimum atomic E-state index is -0.987. The molecule has 1 aromatic heterocycles. The molecule has 0 radical (unpaired) electrons. The zero-order valence-electron chi connectivity index (χ0n) is 12.1. The molecule has 22 heavy (non-hydrogen) atoms. The molecular weight excluding hydrogens is 284 g/mol. The number of oxazole rings is 1. The quantitative estimate of drug-likeness (QED) is 0.916. The number of carbonyl (C=O) groups is 2. The average molecular weight is 300 g/mol. The van der Waals surface area contributed by atoms with Crippen molar-refractivity contribution >= 4 is 11.9 Å². The molecule has 1 atom stereocenters. The first-order valence-corrected chi connectivity index (χ1v) is 7.12. The first-order chi connectivity index (χ1) is 10.6. The van der Waals surface area contributed by atoms with Crippen molar-refractivity contribution in [2.45, 2.75) is 31.8 Å². The summed E-state index contributed by atoms with van der Waals surface area (Å²) in [4.78, 5) is 29.1. The number of carboxylic acid groups (broad SMARTS) is 1. The summed E-state index contributed by atoms with van der Waals surface area (Å²) in [7, 11) is 0. The van der Waals surface area contributed by atoms with Crippen LogP contribution in [-0.4, -0.2) is 39.0 Å². The van der Waals surface area contributed by atoms with Crippen LogP contribution in [0.2, 0.25) is 0 Å². The van der Waals surface area contributed by atoms with Crippen LogP contribution < -0.4 is 0 Å². The molecule has 1 N–H and O–H groups in total. The minimum Gasteiger partial charge on any atom is -0.480 e. The smallest absolute Gasteiger partial charge is 0.326 e. The van der Waals surface area contributed by atoms with E-state index in [-0.39, 0.29) is 11.9 Å². The zero-order valence-corrected chi connectivity index (χ0v) is 12.1. The van der Waals surface area contributed by atoms with Crippen LogP contribution in [-0.2, 0) is 4.79 Å². The van der Waals surface area contributed by atoms with Crippen molar-refractivity contribution in [3.8, 4) is 11.3 Å². The summed E-state index contributed by atoms with van der Waals surface area (Å²) in [5, 5.41) is 9.18. The Kier molecular flexibility index (Phi) is 3.66. The number of carboxylic acids is 1. The molecule has 0 aliphatic heterocycles. The van der Waals surface area contributed by atoms with E-state index in [1.54, 1.807) is 37.4 Å². The molecule has 6 heteroatoms. The average Bonchev–Trinajstić information content (AvgIpc) is 3.19. The fraction of sp³-hybridized carbons (Fsp3) is 0.312. The Labute approximate surface area is 127 Å². The second-order valence-corrected chi connectivity index (χ2v) is 5.40. The van der Waals surface area contributed by atoms with Gasteiger partial charge in [-0.1, -0.05) is 12.1 Å². The van der Waals surface area contributed by atoms with Gasteiger partial charge in [0.1, 0.15) is 6.04 Å². The van der Waals surface area contributed by atoms with Crippen LogP contribution in [0, 0.1) is 0 Å². The summed E-state index contributed by atoms with van der Waals surface area (Å²) in [6, 6.07) is 6.12. The number of aromatic nitrogens is 1. The number of rotatable bonds is 5. The first-order valence-electron chi connectivity index (χ1n) is 7.12. The molecule has 1 aliphatic carbocycles. The number of benzene rings is 1. The van der Waals surface area contributed by atoms with Crippen molar-refractivity contribution in [1.82, 2.24) is 9.88 Å².